The number of fused-ring (bicyclic) bond motifs is 1. The lowest BCUT2D eigenvalue weighted by Gasteiger charge is -2.37. The fourth-order valence-corrected chi connectivity index (χ4v) is 3.23. The molecular formula is C18H22N5O2+. The van der Waals surface area contributed by atoms with Gasteiger partial charge in [0.05, 0.1) is 18.9 Å². The number of allylic oxidation sites excluding steroid dienone is 3. The number of ether oxygens (including phenoxy) is 1. The van der Waals surface area contributed by atoms with Crippen LogP contribution in [-0.2, 0) is 16.1 Å². The third kappa shape index (κ3) is 3.29. The highest BCUT2D eigenvalue weighted by Gasteiger charge is 2.36. The van der Waals surface area contributed by atoms with Gasteiger partial charge in [0.2, 0.25) is 0 Å². The van der Waals surface area contributed by atoms with Crippen molar-refractivity contribution in [2.75, 3.05) is 26.3 Å². The number of rotatable bonds is 4. The van der Waals surface area contributed by atoms with Crippen molar-refractivity contribution < 1.29 is 14.5 Å². The van der Waals surface area contributed by atoms with Gasteiger partial charge in [-0.05, 0) is 12.2 Å². The van der Waals surface area contributed by atoms with E-state index in [1.807, 2.05) is 48.8 Å². The highest BCUT2D eigenvalue weighted by atomic mass is 16.5. The molecule has 0 bridgehead atoms. The lowest BCUT2D eigenvalue weighted by Crippen LogP contribution is -2.54. The summed E-state index contributed by atoms with van der Waals surface area (Å²) < 4.78 is 5.44. The van der Waals surface area contributed by atoms with E-state index >= 15 is 0 Å². The molecule has 130 valence electrons. The summed E-state index contributed by atoms with van der Waals surface area (Å²) in [5.74, 6) is -0.104. The number of H-pyrrole nitrogens is 1. The standard InChI is InChI=1S/C18H21N5O2/c24-17(20-13-14-5-1-3-7-19-14)16-15-6-2-4-8-23(15)18(21-16)22-9-11-25-12-10-22/h1-8,18,21H,9-13H2,(H,20,24)/p+1. The monoisotopic (exact) mass is 340 g/mol. The van der Waals surface area contributed by atoms with Gasteiger partial charge >= 0.3 is 0 Å². The second-order valence-electron chi connectivity index (χ2n) is 6.10. The van der Waals surface area contributed by atoms with Crippen molar-refractivity contribution in [1.29, 1.82) is 0 Å². The first kappa shape index (κ1) is 15.9. The van der Waals surface area contributed by atoms with Gasteiger partial charge in [0.25, 0.3) is 5.91 Å². The Morgan fingerprint density at radius 1 is 1.32 bits per heavy atom. The number of carbonyl (C=O) groups excluding carboxylic acids is 1. The van der Waals surface area contributed by atoms with Gasteiger partial charge in [-0.15, -0.1) is 0 Å². The molecule has 1 unspecified atom stereocenters. The molecule has 0 spiro atoms. The molecule has 3 N–H and O–H groups in total. The molecule has 0 radical (unpaired) electrons. The van der Waals surface area contributed by atoms with Crippen LogP contribution in [0.15, 0.2) is 60.2 Å². The van der Waals surface area contributed by atoms with Crippen LogP contribution in [0.3, 0.4) is 0 Å². The quantitative estimate of drug-likeness (QED) is 0.803. The number of pyridine rings is 1. The van der Waals surface area contributed by atoms with Gasteiger partial charge in [-0.1, -0.05) is 12.1 Å². The van der Waals surface area contributed by atoms with E-state index in [1.165, 1.54) is 0 Å². The fraction of sp³-hybridized carbons (Fsp3) is 0.333. The van der Waals surface area contributed by atoms with Gasteiger partial charge in [-0.25, -0.2) is 4.98 Å². The summed E-state index contributed by atoms with van der Waals surface area (Å²) in [6, 6.07) is 5.81. The van der Waals surface area contributed by atoms with Gasteiger partial charge in [0.15, 0.2) is 18.2 Å². The molecule has 25 heavy (non-hydrogen) atoms. The zero-order chi connectivity index (χ0) is 17.1. The topological polar surface area (TPSA) is 71.0 Å². The summed E-state index contributed by atoms with van der Waals surface area (Å²) in [4.78, 5) is 20.2. The first-order valence-electron chi connectivity index (χ1n) is 8.52. The van der Waals surface area contributed by atoms with Crippen LogP contribution < -0.4 is 15.6 Å². The fourth-order valence-electron chi connectivity index (χ4n) is 3.23. The number of hydrogen-bond donors (Lipinski definition) is 2. The Bertz CT molecular complexity index is 722. The zero-order valence-corrected chi connectivity index (χ0v) is 13.9. The molecule has 1 amide bonds. The third-order valence-corrected chi connectivity index (χ3v) is 4.51. The van der Waals surface area contributed by atoms with Crippen LogP contribution in [0.4, 0.5) is 0 Å². The Morgan fingerprint density at radius 3 is 3.00 bits per heavy atom. The van der Waals surface area contributed by atoms with Crippen molar-refractivity contribution in [1.82, 2.24) is 20.4 Å². The van der Waals surface area contributed by atoms with Crippen molar-refractivity contribution in [3.05, 3.63) is 65.9 Å². The summed E-state index contributed by atoms with van der Waals surface area (Å²) in [6.45, 7) is 3.57. The number of amides is 1. The molecule has 0 aliphatic carbocycles. The number of aromatic amines is 1. The molecule has 4 heterocycles. The summed E-state index contributed by atoms with van der Waals surface area (Å²) in [7, 11) is 0. The van der Waals surface area contributed by atoms with E-state index in [0.717, 1.165) is 24.5 Å². The molecule has 3 aliphatic rings. The smallest absolute Gasteiger partial charge is 0.270 e. The van der Waals surface area contributed by atoms with Gasteiger partial charge < -0.3 is 20.3 Å². The molecule has 1 atom stereocenters. The SMILES string of the molecule is O=C(NCc1cccc[nH+]1)C1=C2C=CC=CN2C(N2CCOCC2)N1. The first-order valence-corrected chi connectivity index (χ1v) is 8.52. The molecule has 0 aromatic carbocycles. The highest BCUT2D eigenvalue weighted by molar-refractivity contribution is 5.94. The van der Waals surface area contributed by atoms with Crippen LogP contribution in [0.25, 0.3) is 0 Å². The minimum Gasteiger partial charge on any atom is -0.379 e. The molecular weight excluding hydrogens is 318 g/mol. The second kappa shape index (κ2) is 7.08. The molecule has 1 aromatic rings. The lowest BCUT2D eigenvalue weighted by atomic mass is 10.2. The van der Waals surface area contributed by atoms with Crippen LogP contribution >= 0.6 is 0 Å². The summed E-state index contributed by atoms with van der Waals surface area (Å²) in [5.41, 5.74) is 2.46. The number of carbonyl (C=O) groups is 1. The van der Waals surface area contributed by atoms with Crippen LogP contribution in [-0.4, -0.2) is 48.3 Å². The predicted octanol–water partition coefficient (Wildman–Crippen LogP) is -0.0670. The highest BCUT2D eigenvalue weighted by Crippen LogP contribution is 2.27. The molecule has 1 aromatic heterocycles. The Hall–Kier alpha value is -2.64. The second-order valence-corrected chi connectivity index (χ2v) is 6.10. The third-order valence-electron chi connectivity index (χ3n) is 4.51. The summed E-state index contributed by atoms with van der Waals surface area (Å²) >= 11 is 0. The van der Waals surface area contributed by atoms with Crippen molar-refractivity contribution >= 4 is 5.91 Å². The maximum Gasteiger partial charge on any atom is 0.270 e. The Balaban J connectivity index is 1.48. The maximum atomic E-state index is 12.7. The Morgan fingerprint density at radius 2 is 2.20 bits per heavy atom. The van der Waals surface area contributed by atoms with Crippen molar-refractivity contribution in [3.8, 4) is 0 Å². The van der Waals surface area contributed by atoms with Crippen LogP contribution in [0, 0.1) is 0 Å². The summed E-state index contributed by atoms with van der Waals surface area (Å²) in [5, 5.41) is 6.37. The molecule has 1 saturated heterocycles. The molecule has 1 fully saturated rings. The molecule has 3 aliphatic heterocycles. The molecule has 7 nitrogen and oxygen atoms in total. The number of hydrogen-bond acceptors (Lipinski definition) is 5. The lowest BCUT2D eigenvalue weighted by molar-refractivity contribution is -0.390. The van der Waals surface area contributed by atoms with Crippen LogP contribution in [0.5, 0.6) is 0 Å². The van der Waals surface area contributed by atoms with E-state index in [2.05, 4.69) is 25.4 Å². The van der Waals surface area contributed by atoms with Crippen LogP contribution in [0.1, 0.15) is 5.69 Å². The maximum absolute atomic E-state index is 12.7. The summed E-state index contributed by atoms with van der Waals surface area (Å²) in [6.07, 6.45) is 9.71. The van der Waals surface area contributed by atoms with Crippen molar-refractivity contribution in [3.63, 3.8) is 0 Å². The molecule has 0 saturated carbocycles. The number of aromatic nitrogens is 1. The van der Waals surface area contributed by atoms with Crippen LogP contribution in [0.2, 0.25) is 0 Å². The largest absolute Gasteiger partial charge is 0.379 e. The normalized spacial score (nSPS) is 22.7. The average Bonchev–Trinajstić information content (AvgIpc) is 3.07. The van der Waals surface area contributed by atoms with Gasteiger partial charge in [0, 0.05) is 31.4 Å². The Kier molecular flexibility index (Phi) is 4.49. The first-order chi connectivity index (χ1) is 12.3. The number of morpholine rings is 1. The van der Waals surface area contributed by atoms with Gasteiger partial charge in [-0.3, -0.25) is 9.69 Å². The average molecular weight is 340 g/mol. The van der Waals surface area contributed by atoms with E-state index < -0.39 is 0 Å². The van der Waals surface area contributed by atoms with E-state index in [0.29, 0.717) is 25.5 Å². The minimum atomic E-state index is -0.104. The van der Waals surface area contributed by atoms with Crippen molar-refractivity contribution in [2.24, 2.45) is 0 Å². The number of nitrogens with one attached hydrogen (secondary N) is 3. The van der Waals surface area contributed by atoms with E-state index in [4.69, 9.17) is 4.74 Å². The molecule has 4 rings (SSSR count). The number of nitrogens with zero attached hydrogens (tertiary/aromatic N) is 2. The van der Waals surface area contributed by atoms with Gasteiger partial charge in [0.1, 0.15) is 12.2 Å². The van der Waals surface area contributed by atoms with E-state index in [1.54, 1.807) is 0 Å². The molecule has 7 heteroatoms. The van der Waals surface area contributed by atoms with Gasteiger partial charge in [-0.2, -0.15) is 0 Å². The van der Waals surface area contributed by atoms with E-state index in [-0.39, 0.29) is 12.2 Å². The van der Waals surface area contributed by atoms with Crippen molar-refractivity contribution in [2.45, 2.75) is 12.8 Å². The zero-order valence-electron chi connectivity index (χ0n) is 13.9. The van der Waals surface area contributed by atoms with E-state index in [9.17, 15) is 4.79 Å². The predicted molar refractivity (Wildman–Crippen MR) is 91.3 cm³/mol. The Labute approximate surface area is 146 Å². The minimum absolute atomic E-state index is 0.0517.